The number of amides is 1. The lowest BCUT2D eigenvalue weighted by Crippen LogP contribution is -2.29. The first-order chi connectivity index (χ1) is 12.8. The smallest absolute Gasteiger partial charge is 0.287 e. The molecule has 1 atom stereocenters. The lowest BCUT2D eigenvalue weighted by atomic mass is 9.80. The van der Waals surface area contributed by atoms with Crippen molar-refractivity contribution in [3.8, 4) is 0 Å². The molecule has 148 valence electrons. The van der Waals surface area contributed by atoms with Crippen molar-refractivity contribution in [2.45, 2.75) is 54.1 Å². The highest BCUT2D eigenvalue weighted by molar-refractivity contribution is 5.91. The van der Waals surface area contributed by atoms with E-state index in [1.165, 1.54) is 12.7 Å². The summed E-state index contributed by atoms with van der Waals surface area (Å²) in [6.07, 6.45) is 2.66. The number of carbonyl (C=O) groups excluding carboxylic acids is 1. The average Bonchev–Trinajstić information content (AvgIpc) is 3.32. The molecule has 0 saturated carbocycles. The number of anilines is 1. The molecule has 2 aromatic heterocycles. The fourth-order valence-electron chi connectivity index (χ4n) is 3.55. The lowest BCUT2D eigenvalue weighted by molar-refractivity contribution is 0.0921. The first-order valence-corrected chi connectivity index (χ1v) is 9.74. The second-order valence-corrected chi connectivity index (χ2v) is 8.88. The maximum atomic E-state index is 12.2. The van der Waals surface area contributed by atoms with E-state index < -0.39 is 0 Å². The highest BCUT2D eigenvalue weighted by atomic mass is 16.3. The Morgan fingerprint density at radius 3 is 2.74 bits per heavy atom. The lowest BCUT2D eigenvalue weighted by Gasteiger charge is -2.27. The average molecular weight is 374 g/mol. The molecule has 2 aromatic rings. The van der Waals surface area contributed by atoms with E-state index in [1.807, 2.05) is 0 Å². The fourth-order valence-corrected chi connectivity index (χ4v) is 3.55. The van der Waals surface area contributed by atoms with Crippen LogP contribution in [-0.4, -0.2) is 33.8 Å². The van der Waals surface area contributed by atoms with Crippen LogP contribution < -0.4 is 10.2 Å². The first-order valence-electron chi connectivity index (χ1n) is 9.74. The predicted octanol–water partition coefficient (Wildman–Crippen LogP) is 3.33. The standard InChI is InChI=1S/C20H31N5O2/c1-14(2)12-25-17(11-21-18(26)16-7-6-10-27-16)22-23-19(25)24-9-8-15(13-24)20(3,4)5/h6-7,10,14-15H,8-9,11-13H2,1-5H3,(H,21,26)/t15-/m1/s1. The van der Waals surface area contributed by atoms with Crippen molar-refractivity contribution in [1.29, 1.82) is 0 Å². The number of hydrogen-bond donors (Lipinski definition) is 1. The predicted molar refractivity (Wildman–Crippen MR) is 105 cm³/mol. The Morgan fingerprint density at radius 2 is 2.15 bits per heavy atom. The van der Waals surface area contributed by atoms with Crippen LogP contribution in [0.1, 0.15) is 57.4 Å². The number of nitrogens with one attached hydrogen (secondary N) is 1. The molecule has 3 rings (SSSR count). The Morgan fingerprint density at radius 1 is 1.37 bits per heavy atom. The van der Waals surface area contributed by atoms with Gasteiger partial charge in [-0.25, -0.2) is 0 Å². The highest BCUT2D eigenvalue weighted by Gasteiger charge is 2.34. The Labute approximate surface area is 161 Å². The molecule has 1 aliphatic rings. The Balaban J connectivity index is 1.74. The van der Waals surface area contributed by atoms with Crippen LogP contribution in [-0.2, 0) is 13.1 Å². The molecule has 0 unspecified atom stereocenters. The van der Waals surface area contributed by atoms with Gasteiger partial charge >= 0.3 is 0 Å². The van der Waals surface area contributed by atoms with Crippen molar-refractivity contribution in [2.75, 3.05) is 18.0 Å². The second-order valence-electron chi connectivity index (χ2n) is 8.88. The number of aromatic nitrogens is 3. The Hall–Kier alpha value is -2.31. The fraction of sp³-hybridized carbons (Fsp3) is 0.650. The van der Waals surface area contributed by atoms with Crippen molar-refractivity contribution in [3.63, 3.8) is 0 Å². The zero-order valence-electron chi connectivity index (χ0n) is 17.0. The highest BCUT2D eigenvalue weighted by Crippen LogP contribution is 2.35. The largest absolute Gasteiger partial charge is 0.459 e. The molecule has 1 amide bonds. The normalized spacial score (nSPS) is 17.7. The topological polar surface area (TPSA) is 76.2 Å². The molecule has 0 aliphatic carbocycles. The monoisotopic (exact) mass is 373 g/mol. The van der Waals surface area contributed by atoms with Gasteiger partial charge in [0.05, 0.1) is 12.8 Å². The molecule has 3 heterocycles. The van der Waals surface area contributed by atoms with Crippen LogP contribution >= 0.6 is 0 Å². The maximum Gasteiger partial charge on any atom is 0.287 e. The van der Waals surface area contributed by atoms with E-state index in [0.29, 0.717) is 24.1 Å². The van der Waals surface area contributed by atoms with E-state index in [1.54, 1.807) is 12.1 Å². The van der Waals surface area contributed by atoms with Crippen LogP contribution in [0.25, 0.3) is 0 Å². The van der Waals surface area contributed by atoms with Crippen molar-refractivity contribution in [1.82, 2.24) is 20.1 Å². The van der Waals surface area contributed by atoms with E-state index >= 15 is 0 Å². The molecule has 1 N–H and O–H groups in total. The molecule has 0 spiro atoms. The summed E-state index contributed by atoms with van der Waals surface area (Å²) >= 11 is 0. The van der Waals surface area contributed by atoms with Crippen LogP contribution in [0, 0.1) is 17.3 Å². The number of carbonyl (C=O) groups is 1. The van der Waals surface area contributed by atoms with Gasteiger partial charge in [0.25, 0.3) is 5.91 Å². The number of nitrogens with zero attached hydrogens (tertiary/aromatic N) is 4. The van der Waals surface area contributed by atoms with E-state index in [0.717, 1.165) is 31.4 Å². The van der Waals surface area contributed by atoms with Crippen LogP contribution in [0.4, 0.5) is 5.95 Å². The molecular formula is C20H31N5O2. The van der Waals surface area contributed by atoms with Crippen molar-refractivity contribution < 1.29 is 9.21 Å². The van der Waals surface area contributed by atoms with E-state index in [4.69, 9.17) is 4.42 Å². The van der Waals surface area contributed by atoms with Crippen LogP contribution in [0.3, 0.4) is 0 Å². The number of furan rings is 1. The van der Waals surface area contributed by atoms with E-state index in [-0.39, 0.29) is 11.3 Å². The van der Waals surface area contributed by atoms with Crippen LogP contribution in [0.2, 0.25) is 0 Å². The van der Waals surface area contributed by atoms with Crippen molar-refractivity contribution in [2.24, 2.45) is 17.3 Å². The summed E-state index contributed by atoms with van der Waals surface area (Å²) in [6, 6.07) is 3.35. The molecule has 7 nitrogen and oxygen atoms in total. The zero-order valence-corrected chi connectivity index (χ0v) is 17.0. The molecule has 1 saturated heterocycles. The number of hydrogen-bond acceptors (Lipinski definition) is 5. The van der Waals surface area contributed by atoms with Crippen molar-refractivity contribution >= 4 is 11.9 Å². The molecule has 27 heavy (non-hydrogen) atoms. The van der Waals surface area contributed by atoms with Crippen LogP contribution in [0.15, 0.2) is 22.8 Å². The van der Waals surface area contributed by atoms with Gasteiger partial charge in [0, 0.05) is 19.6 Å². The van der Waals surface area contributed by atoms with Crippen molar-refractivity contribution in [3.05, 3.63) is 30.0 Å². The Kier molecular flexibility index (Phi) is 5.58. The minimum absolute atomic E-state index is 0.241. The third kappa shape index (κ3) is 4.51. The van der Waals surface area contributed by atoms with Gasteiger partial charge in [0.2, 0.25) is 5.95 Å². The van der Waals surface area contributed by atoms with Gasteiger partial charge in [-0.05, 0) is 35.8 Å². The minimum atomic E-state index is -0.241. The zero-order chi connectivity index (χ0) is 19.6. The van der Waals surface area contributed by atoms with Gasteiger partial charge in [-0.2, -0.15) is 0 Å². The molecule has 1 fully saturated rings. The third-order valence-corrected chi connectivity index (χ3v) is 5.20. The van der Waals surface area contributed by atoms with Gasteiger partial charge in [-0.1, -0.05) is 34.6 Å². The summed E-state index contributed by atoms with van der Waals surface area (Å²) in [5, 5.41) is 11.7. The van der Waals surface area contributed by atoms with Gasteiger partial charge in [-0.3, -0.25) is 9.36 Å². The van der Waals surface area contributed by atoms with Gasteiger partial charge in [0.1, 0.15) is 0 Å². The van der Waals surface area contributed by atoms with E-state index in [2.05, 4.69) is 59.6 Å². The third-order valence-electron chi connectivity index (χ3n) is 5.20. The minimum Gasteiger partial charge on any atom is -0.459 e. The summed E-state index contributed by atoms with van der Waals surface area (Å²) < 4.78 is 7.30. The van der Waals surface area contributed by atoms with Gasteiger partial charge < -0.3 is 14.6 Å². The number of rotatable bonds is 6. The summed E-state index contributed by atoms with van der Waals surface area (Å²) in [5.41, 5.74) is 0.289. The van der Waals surface area contributed by atoms with Gasteiger partial charge in [0.15, 0.2) is 11.6 Å². The molecule has 7 heteroatoms. The van der Waals surface area contributed by atoms with Crippen LogP contribution in [0.5, 0.6) is 0 Å². The van der Waals surface area contributed by atoms with Gasteiger partial charge in [-0.15, -0.1) is 10.2 Å². The Bertz CT molecular complexity index is 758. The summed E-state index contributed by atoms with van der Waals surface area (Å²) in [4.78, 5) is 14.5. The quantitative estimate of drug-likeness (QED) is 0.840. The second kappa shape index (κ2) is 7.74. The van der Waals surface area contributed by atoms with E-state index in [9.17, 15) is 4.79 Å². The first kappa shape index (κ1) is 19.5. The molecule has 0 aromatic carbocycles. The summed E-state index contributed by atoms with van der Waals surface area (Å²) in [5.74, 6) is 2.85. The summed E-state index contributed by atoms with van der Waals surface area (Å²) in [6.45, 7) is 14.4. The molecule has 0 bridgehead atoms. The maximum absolute atomic E-state index is 12.2. The molecule has 1 aliphatic heterocycles. The SMILES string of the molecule is CC(C)Cn1c(CNC(=O)c2ccco2)nnc1N1CC[C@@H](C(C)(C)C)C1. The molecular weight excluding hydrogens is 342 g/mol. The molecule has 0 radical (unpaired) electrons. The summed E-state index contributed by atoms with van der Waals surface area (Å²) in [7, 11) is 0.